The standard InChI is InChI=1S/C13H22N2O3S/c1-4-15(5-2)19(16,17)14-11-10-12-8-6-7-9-13(12)18-3/h6-9,14H,4-5,10-11H2,1-3H3. The molecule has 1 aromatic carbocycles. The Morgan fingerprint density at radius 2 is 1.84 bits per heavy atom. The van der Waals surface area contributed by atoms with Crippen LogP contribution >= 0.6 is 0 Å². The Balaban J connectivity index is 2.59. The molecule has 0 amide bonds. The molecule has 1 rings (SSSR count). The highest BCUT2D eigenvalue weighted by Crippen LogP contribution is 2.17. The van der Waals surface area contributed by atoms with Gasteiger partial charge in [0, 0.05) is 19.6 Å². The lowest BCUT2D eigenvalue weighted by atomic mass is 10.1. The SMILES string of the molecule is CCN(CC)S(=O)(=O)NCCc1ccccc1OC. The number of ether oxygens (including phenoxy) is 1. The Bertz CT molecular complexity index is 484. The van der Waals surface area contributed by atoms with Crippen LogP contribution in [-0.4, -0.2) is 39.5 Å². The zero-order chi connectivity index (χ0) is 14.3. The monoisotopic (exact) mass is 286 g/mol. The Kier molecular flexibility index (Phi) is 6.27. The van der Waals surface area contributed by atoms with Gasteiger partial charge in [0.15, 0.2) is 0 Å². The Labute approximate surface area is 115 Å². The van der Waals surface area contributed by atoms with Crippen molar-refractivity contribution in [1.82, 2.24) is 9.03 Å². The van der Waals surface area contributed by atoms with Gasteiger partial charge >= 0.3 is 0 Å². The van der Waals surface area contributed by atoms with E-state index in [4.69, 9.17) is 4.74 Å². The third-order valence-electron chi connectivity index (χ3n) is 2.92. The normalized spacial score (nSPS) is 11.8. The number of hydrogen-bond acceptors (Lipinski definition) is 3. The predicted molar refractivity (Wildman–Crippen MR) is 76.5 cm³/mol. The molecular formula is C13H22N2O3S. The first-order valence-electron chi connectivity index (χ1n) is 6.41. The maximum Gasteiger partial charge on any atom is 0.279 e. The quantitative estimate of drug-likeness (QED) is 0.786. The summed E-state index contributed by atoms with van der Waals surface area (Å²) in [7, 11) is -1.76. The lowest BCUT2D eigenvalue weighted by Gasteiger charge is -2.19. The van der Waals surface area contributed by atoms with E-state index in [1.807, 2.05) is 38.1 Å². The van der Waals surface area contributed by atoms with Gasteiger partial charge in [-0.15, -0.1) is 0 Å². The molecule has 0 aliphatic rings. The van der Waals surface area contributed by atoms with E-state index in [1.165, 1.54) is 4.31 Å². The van der Waals surface area contributed by atoms with Gasteiger partial charge in [-0.25, -0.2) is 4.72 Å². The van der Waals surface area contributed by atoms with Gasteiger partial charge in [0.1, 0.15) is 5.75 Å². The maximum atomic E-state index is 11.9. The molecule has 0 radical (unpaired) electrons. The van der Waals surface area contributed by atoms with Gasteiger partial charge < -0.3 is 4.74 Å². The largest absolute Gasteiger partial charge is 0.496 e. The van der Waals surface area contributed by atoms with E-state index in [0.717, 1.165) is 11.3 Å². The minimum absolute atomic E-state index is 0.360. The summed E-state index contributed by atoms with van der Waals surface area (Å²) in [5.41, 5.74) is 0.993. The van der Waals surface area contributed by atoms with Crippen LogP contribution in [0.2, 0.25) is 0 Å². The fraction of sp³-hybridized carbons (Fsp3) is 0.538. The summed E-state index contributed by atoms with van der Waals surface area (Å²) < 4.78 is 33.1. The highest BCUT2D eigenvalue weighted by molar-refractivity contribution is 7.87. The zero-order valence-electron chi connectivity index (χ0n) is 11.7. The molecule has 1 aromatic rings. The van der Waals surface area contributed by atoms with Gasteiger partial charge in [-0.3, -0.25) is 0 Å². The fourth-order valence-corrected chi connectivity index (χ4v) is 3.10. The minimum atomic E-state index is -3.37. The van der Waals surface area contributed by atoms with Gasteiger partial charge in [-0.2, -0.15) is 12.7 Å². The van der Waals surface area contributed by atoms with Gasteiger partial charge in [-0.05, 0) is 18.1 Å². The molecule has 0 fully saturated rings. The summed E-state index contributed by atoms with van der Waals surface area (Å²) in [5, 5.41) is 0. The molecule has 6 heteroatoms. The van der Waals surface area contributed by atoms with Crippen molar-refractivity contribution in [2.75, 3.05) is 26.7 Å². The van der Waals surface area contributed by atoms with Crippen LogP contribution < -0.4 is 9.46 Å². The maximum absolute atomic E-state index is 11.9. The number of para-hydroxylation sites is 1. The summed E-state index contributed by atoms with van der Waals surface area (Å²) in [5.74, 6) is 0.782. The van der Waals surface area contributed by atoms with Crippen molar-refractivity contribution in [3.63, 3.8) is 0 Å². The lowest BCUT2D eigenvalue weighted by molar-refractivity contribution is 0.409. The van der Waals surface area contributed by atoms with Crippen LogP contribution in [0.1, 0.15) is 19.4 Å². The van der Waals surface area contributed by atoms with Crippen molar-refractivity contribution in [2.24, 2.45) is 0 Å². The van der Waals surface area contributed by atoms with E-state index in [0.29, 0.717) is 26.1 Å². The second-order valence-corrected chi connectivity index (χ2v) is 5.80. The molecule has 1 N–H and O–H groups in total. The summed E-state index contributed by atoms with van der Waals surface area (Å²) in [6.07, 6.45) is 0.602. The van der Waals surface area contributed by atoms with Crippen molar-refractivity contribution in [3.05, 3.63) is 29.8 Å². The molecule has 0 heterocycles. The van der Waals surface area contributed by atoms with Gasteiger partial charge in [0.25, 0.3) is 10.2 Å². The van der Waals surface area contributed by atoms with E-state index in [-0.39, 0.29) is 0 Å². The van der Waals surface area contributed by atoms with E-state index in [1.54, 1.807) is 7.11 Å². The van der Waals surface area contributed by atoms with Crippen molar-refractivity contribution in [2.45, 2.75) is 20.3 Å². The number of nitrogens with zero attached hydrogens (tertiary/aromatic N) is 1. The third-order valence-corrected chi connectivity index (χ3v) is 4.68. The van der Waals surface area contributed by atoms with Crippen LogP contribution in [0.15, 0.2) is 24.3 Å². The van der Waals surface area contributed by atoms with Crippen LogP contribution in [0.5, 0.6) is 5.75 Å². The van der Waals surface area contributed by atoms with Crippen molar-refractivity contribution >= 4 is 10.2 Å². The van der Waals surface area contributed by atoms with Gasteiger partial charge in [-0.1, -0.05) is 32.0 Å². The van der Waals surface area contributed by atoms with Crippen LogP contribution in [0, 0.1) is 0 Å². The lowest BCUT2D eigenvalue weighted by Crippen LogP contribution is -2.41. The number of hydrogen-bond donors (Lipinski definition) is 1. The first kappa shape index (κ1) is 15.9. The number of benzene rings is 1. The first-order valence-corrected chi connectivity index (χ1v) is 7.85. The topological polar surface area (TPSA) is 58.6 Å². The van der Waals surface area contributed by atoms with Crippen LogP contribution in [0.3, 0.4) is 0 Å². The predicted octanol–water partition coefficient (Wildman–Crippen LogP) is 1.41. The van der Waals surface area contributed by atoms with E-state index >= 15 is 0 Å². The molecule has 0 saturated heterocycles. The average Bonchev–Trinajstić information content (AvgIpc) is 2.40. The molecule has 0 saturated carbocycles. The molecule has 19 heavy (non-hydrogen) atoms. The Hall–Kier alpha value is -1.11. The van der Waals surface area contributed by atoms with Crippen molar-refractivity contribution in [1.29, 1.82) is 0 Å². The molecule has 0 spiro atoms. The summed E-state index contributed by atoms with van der Waals surface area (Å²) in [6, 6.07) is 7.61. The summed E-state index contributed by atoms with van der Waals surface area (Å²) in [6.45, 7) is 4.95. The molecule has 0 aliphatic carbocycles. The van der Waals surface area contributed by atoms with Crippen molar-refractivity contribution in [3.8, 4) is 5.75 Å². The molecule has 5 nitrogen and oxygen atoms in total. The number of methoxy groups -OCH3 is 1. The Morgan fingerprint density at radius 3 is 2.42 bits per heavy atom. The zero-order valence-corrected chi connectivity index (χ0v) is 12.5. The number of rotatable bonds is 8. The third kappa shape index (κ3) is 4.49. The molecule has 0 aliphatic heterocycles. The minimum Gasteiger partial charge on any atom is -0.496 e. The highest BCUT2D eigenvalue weighted by Gasteiger charge is 2.17. The van der Waals surface area contributed by atoms with E-state index in [2.05, 4.69) is 4.72 Å². The number of nitrogens with one attached hydrogen (secondary N) is 1. The van der Waals surface area contributed by atoms with Gasteiger partial charge in [0.2, 0.25) is 0 Å². The van der Waals surface area contributed by atoms with Crippen LogP contribution in [0.4, 0.5) is 0 Å². The van der Waals surface area contributed by atoms with E-state index < -0.39 is 10.2 Å². The smallest absolute Gasteiger partial charge is 0.279 e. The summed E-state index contributed by atoms with van der Waals surface area (Å²) in [4.78, 5) is 0. The molecule has 0 atom stereocenters. The molecule has 108 valence electrons. The molecule has 0 unspecified atom stereocenters. The van der Waals surface area contributed by atoms with Crippen LogP contribution in [-0.2, 0) is 16.6 Å². The fourth-order valence-electron chi connectivity index (χ4n) is 1.88. The van der Waals surface area contributed by atoms with E-state index in [9.17, 15) is 8.42 Å². The Morgan fingerprint density at radius 1 is 1.21 bits per heavy atom. The molecule has 0 aromatic heterocycles. The average molecular weight is 286 g/mol. The second kappa shape index (κ2) is 7.47. The first-order chi connectivity index (χ1) is 9.05. The van der Waals surface area contributed by atoms with Gasteiger partial charge in [0.05, 0.1) is 7.11 Å². The second-order valence-electron chi connectivity index (χ2n) is 4.05. The summed E-state index contributed by atoms with van der Waals surface area (Å²) >= 11 is 0. The molecular weight excluding hydrogens is 264 g/mol. The highest BCUT2D eigenvalue weighted by atomic mass is 32.2. The molecule has 0 bridgehead atoms. The van der Waals surface area contributed by atoms with Crippen LogP contribution in [0.25, 0.3) is 0 Å². The van der Waals surface area contributed by atoms with Crippen molar-refractivity contribution < 1.29 is 13.2 Å².